The highest BCUT2D eigenvalue weighted by molar-refractivity contribution is 6.10. The van der Waals surface area contributed by atoms with Crippen molar-refractivity contribution in [2.75, 3.05) is 9.80 Å². The van der Waals surface area contributed by atoms with Crippen molar-refractivity contribution < 1.29 is 0 Å². The summed E-state index contributed by atoms with van der Waals surface area (Å²) in [4.78, 5) is 4.70. The molecule has 73 heavy (non-hydrogen) atoms. The number of hydrogen-bond acceptors (Lipinski definition) is 2. The summed E-state index contributed by atoms with van der Waals surface area (Å²) in [7, 11) is 0. The molecule has 0 bridgehead atoms. The fourth-order valence-electron chi connectivity index (χ4n) is 10.4. The molecule has 0 atom stereocenters. The van der Waals surface area contributed by atoms with E-state index in [1.165, 1.54) is 38.3 Å². The first-order valence-corrected chi connectivity index (χ1v) is 25.4. The normalized spacial score (nSPS) is 12.2. The lowest BCUT2D eigenvalue weighted by Crippen LogP contribution is -2.27. The monoisotopic (exact) mass is 944 g/mol. The second-order valence-electron chi connectivity index (χ2n) is 17.6. The van der Waals surface area contributed by atoms with Crippen molar-refractivity contribution >= 4 is 73.3 Å². The number of rotatable bonds is 12. The van der Waals surface area contributed by atoms with Gasteiger partial charge in [-0.2, -0.15) is 0 Å². The minimum atomic E-state index is 1.07. The van der Waals surface area contributed by atoms with Crippen molar-refractivity contribution in [3.8, 4) is 33.6 Å². The molecule has 4 heteroatoms. The Hall–Kier alpha value is -9.12. The standard InChI is InChI=1S/C67H54N4.C2H6/c1-5-22-50(7-3)68(56-42-45-63-61-32-20-21-33-65(61)71(67(63)46-56)53-28-16-11-17-29-53)54-38-34-48(35-39-54)58-30-18-19-31-59(58)49-36-40-55(41-37-49)69(51-24-12-9-13-25-51)57-43-44-62-60(23-6-2)64(8-4)70(66(62)47-57)52-26-14-10-15-27-52;1-2/h5-47H,2H2,1,3-4H3;1-2H3/b22-5-,50-7+,60-23-,64-8+;. The lowest BCUT2D eigenvalue weighted by atomic mass is 9.94. The van der Waals surface area contributed by atoms with E-state index in [1.807, 2.05) is 19.9 Å². The van der Waals surface area contributed by atoms with Crippen molar-refractivity contribution in [3.63, 3.8) is 0 Å². The zero-order valence-corrected chi connectivity index (χ0v) is 42.3. The number of hydrogen-bond donors (Lipinski definition) is 0. The molecule has 11 aromatic rings. The van der Waals surface area contributed by atoms with E-state index in [9.17, 15) is 0 Å². The molecule has 0 spiro atoms. The third kappa shape index (κ3) is 9.00. The van der Waals surface area contributed by atoms with E-state index >= 15 is 0 Å². The van der Waals surface area contributed by atoms with Crippen LogP contribution in [0, 0.1) is 0 Å². The molecule has 0 amide bonds. The Kier molecular flexibility index (Phi) is 14.0. The maximum atomic E-state index is 4.06. The zero-order valence-electron chi connectivity index (χ0n) is 42.3. The van der Waals surface area contributed by atoms with Crippen LogP contribution in [0.3, 0.4) is 0 Å². The number of allylic oxidation sites excluding steroid dienone is 4. The van der Waals surface area contributed by atoms with Gasteiger partial charge in [-0.15, -0.1) is 0 Å². The quantitative estimate of drug-likeness (QED) is 0.114. The van der Waals surface area contributed by atoms with Crippen molar-refractivity contribution in [2.24, 2.45) is 0 Å². The van der Waals surface area contributed by atoms with Crippen LogP contribution in [-0.4, -0.2) is 9.13 Å². The van der Waals surface area contributed by atoms with Crippen LogP contribution in [0.25, 0.3) is 78.5 Å². The molecule has 356 valence electrons. The van der Waals surface area contributed by atoms with Crippen LogP contribution in [0.2, 0.25) is 0 Å². The van der Waals surface area contributed by atoms with Gasteiger partial charge in [0.15, 0.2) is 0 Å². The highest BCUT2D eigenvalue weighted by Gasteiger charge is 2.20. The van der Waals surface area contributed by atoms with E-state index in [4.69, 9.17) is 0 Å². The molecule has 0 saturated carbocycles. The summed E-state index contributed by atoms with van der Waals surface area (Å²) in [5.41, 5.74) is 16.9. The number of anilines is 5. The Morgan fingerprint density at radius 1 is 0.438 bits per heavy atom. The first kappa shape index (κ1) is 47.6. The van der Waals surface area contributed by atoms with Crippen LogP contribution < -0.4 is 20.4 Å². The first-order valence-electron chi connectivity index (χ1n) is 25.4. The van der Waals surface area contributed by atoms with Crippen LogP contribution in [0.4, 0.5) is 28.4 Å². The maximum Gasteiger partial charge on any atom is 0.0561 e. The van der Waals surface area contributed by atoms with Crippen molar-refractivity contribution in [1.29, 1.82) is 0 Å². The van der Waals surface area contributed by atoms with Gasteiger partial charge in [0.1, 0.15) is 0 Å². The summed E-state index contributed by atoms with van der Waals surface area (Å²) in [6.45, 7) is 14.4. The summed E-state index contributed by atoms with van der Waals surface area (Å²) in [5, 5.41) is 5.94. The summed E-state index contributed by atoms with van der Waals surface area (Å²) >= 11 is 0. The molecule has 0 fully saturated rings. The maximum absolute atomic E-state index is 4.06. The van der Waals surface area contributed by atoms with Gasteiger partial charge in [0.05, 0.1) is 16.6 Å². The number of nitrogens with zero attached hydrogens (tertiary/aromatic N) is 4. The van der Waals surface area contributed by atoms with Crippen LogP contribution in [-0.2, 0) is 0 Å². The second kappa shape index (κ2) is 21.5. The van der Waals surface area contributed by atoms with Gasteiger partial charge in [0, 0.05) is 72.2 Å². The summed E-state index contributed by atoms with van der Waals surface area (Å²) in [6, 6.07) is 81.0. The Bertz CT molecular complexity index is 3900. The van der Waals surface area contributed by atoms with Gasteiger partial charge >= 0.3 is 0 Å². The summed E-state index contributed by atoms with van der Waals surface area (Å²) in [5.74, 6) is 0. The Morgan fingerprint density at radius 3 is 1.52 bits per heavy atom. The second-order valence-corrected chi connectivity index (χ2v) is 17.6. The third-order valence-electron chi connectivity index (χ3n) is 13.5. The lowest BCUT2D eigenvalue weighted by molar-refractivity contribution is 1.07. The van der Waals surface area contributed by atoms with Gasteiger partial charge in [0.25, 0.3) is 0 Å². The van der Waals surface area contributed by atoms with Gasteiger partial charge in [-0.05, 0) is 140 Å². The molecule has 11 rings (SSSR count). The minimum absolute atomic E-state index is 1.07. The largest absolute Gasteiger partial charge is 0.311 e. The van der Waals surface area contributed by atoms with Gasteiger partial charge in [-0.1, -0.05) is 184 Å². The molecule has 0 radical (unpaired) electrons. The van der Waals surface area contributed by atoms with E-state index in [0.717, 1.165) is 72.7 Å². The highest BCUT2D eigenvalue weighted by atomic mass is 15.2. The van der Waals surface area contributed by atoms with Gasteiger partial charge in [-0.3, -0.25) is 0 Å². The van der Waals surface area contributed by atoms with E-state index in [2.05, 4.69) is 301 Å². The molecule has 0 saturated heterocycles. The molecule has 0 unspecified atom stereocenters. The topological polar surface area (TPSA) is 16.3 Å². The van der Waals surface area contributed by atoms with Crippen LogP contribution >= 0.6 is 0 Å². The number of fused-ring (bicyclic) bond motifs is 4. The minimum Gasteiger partial charge on any atom is -0.311 e. The van der Waals surface area contributed by atoms with Gasteiger partial charge < -0.3 is 18.9 Å². The number of para-hydroxylation sites is 4. The number of benzene rings is 9. The van der Waals surface area contributed by atoms with Crippen LogP contribution in [0.15, 0.2) is 261 Å². The van der Waals surface area contributed by atoms with Gasteiger partial charge in [-0.25, -0.2) is 0 Å². The van der Waals surface area contributed by atoms with Crippen molar-refractivity contribution in [3.05, 3.63) is 272 Å². The average molecular weight is 945 g/mol. The molecule has 2 heterocycles. The summed E-state index contributed by atoms with van der Waals surface area (Å²) in [6.07, 6.45) is 12.7. The van der Waals surface area contributed by atoms with E-state index in [-0.39, 0.29) is 0 Å². The molecule has 0 aliphatic heterocycles. The summed E-state index contributed by atoms with van der Waals surface area (Å²) < 4.78 is 4.74. The van der Waals surface area contributed by atoms with E-state index in [1.54, 1.807) is 0 Å². The molecular weight excluding hydrogens is 885 g/mol. The third-order valence-corrected chi connectivity index (χ3v) is 13.5. The molecule has 2 aromatic heterocycles. The smallest absolute Gasteiger partial charge is 0.0561 e. The van der Waals surface area contributed by atoms with E-state index < -0.39 is 0 Å². The fourth-order valence-corrected chi connectivity index (χ4v) is 10.4. The molecule has 0 aliphatic rings. The molecule has 0 aliphatic carbocycles. The average Bonchev–Trinajstić information content (AvgIpc) is 3.96. The molecule has 9 aromatic carbocycles. The van der Waals surface area contributed by atoms with Gasteiger partial charge in [0.2, 0.25) is 0 Å². The van der Waals surface area contributed by atoms with Crippen molar-refractivity contribution in [2.45, 2.75) is 34.6 Å². The Morgan fingerprint density at radius 2 is 0.918 bits per heavy atom. The predicted octanol–water partition coefficient (Wildman–Crippen LogP) is 17.9. The molecular formula is C69H60N4. The lowest BCUT2D eigenvalue weighted by Gasteiger charge is -2.27. The number of aromatic nitrogens is 2. The fraction of sp³-hybridized carbons (Fsp3) is 0.0725. The zero-order chi connectivity index (χ0) is 50.3. The molecule has 4 nitrogen and oxygen atoms in total. The Balaban J connectivity index is 0.00000302. The SMILES string of the molecule is C=C/C=c1\c(=C/C)n(-c2ccccc2)c2cc(N(c3ccccc3)c3ccc(-c4ccccc4-c4ccc(N(C(/C=C\C)=C/C)c5ccc6c7ccccc7n(-c7ccccc7)c6c5)cc4)cc3)ccc12.CC. The predicted molar refractivity (Wildman–Crippen MR) is 316 cm³/mol. The molecule has 0 N–H and O–H groups in total. The van der Waals surface area contributed by atoms with Crippen LogP contribution in [0.1, 0.15) is 34.6 Å². The van der Waals surface area contributed by atoms with E-state index in [0.29, 0.717) is 0 Å². The Labute approximate surface area is 430 Å². The first-order chi connectivity index (χ1) is 36.1. The van der Waals surface area contributed by atoms with Crippen molar-refractivity contribution in [1.82, 2.24) is 9.13 Å². The van der Waals surface area contributed by atoms with Crippen LogP contribution in [0.5, 0.6) is 0 Å². The highest BCUT2D eigenvalue weighted by Crippen LogP contribution is 2.41.